The summed E-state index contributed by atoms with van der Waals surface area (Å²) in [5.74, 6) is 0.838. The molecule has 0 N–H and O–H groups in total. The van der Waals surface area contributed by atoms with E-state index in [-0.39, 0.29) is 5.60 Å². The van der Waals surface area contributed by atoms with E-state index in [0.717, 1.165) is 18.9 Å². The Hall–Kier alpha value is -0.0800. The molecule has 0 saturated carbocycles. The van der Waals surface area contributed by atoms with Crippen LogP contribution in [0.4, 0.5) is 0 Å². The Morgan fingerprint density at radius 3 is 2.07 bits per heavy atom. The molecule has 0 rings (SSSR count). The lowest BCUT2D eigenvalue weighted by molar-refractivity contribution is -0.348. The summed E-state index contributed by atoms with van der Waals surface area (Å²) in [6, 6.07) is 0. The first-order chi connectivity index (χ1) is 6.92. The first-order valence-corrected chi connectivity index (χ1v) is 6.22. The molecule has 0 aromatic carbocycles. The summed E-state index contributed by atoms with van der Waals surface area (Å²) in [7, 11) is 0. The second kappa shape index (κ2) is 8.12. The molecular weight excluding hydrogens is 188 g/mol. The molecule has 0 fully saturated rings. The van der Waals surface area contributed by atoms with Gasteiger partial charge in [-0.1, -0.05) is 39.5 Å². The molecule has 0 aliphatic heterocycles. The van der Waals surface area contributed by atoms with Crippen molar-refractivity contribution in [3.05, 3.63) is 0 Å². The molecule has 0 heterocycles. The molecule has 92 valence electrons. The number of unbranched alkanes of at least 4 members (excludes halogenated alkanes) is 3. The van der Waals surface area contributed by atoms with E-state index < -0.39 is 0 Å². The van der Waals surface area contributed by atoms with Crippen molar-refractivity contribution in [1.82, 2.24) is 0 Å². The SMILES string of the molecule is CC(C)CCCCCCOOC(C)(C)C. The zero-order valence-electron chi connectivity index (χ0n) is 11.1. The fraction of sp³-hybridized carbons (Fsp3) is 1.00. The van der Waals surface area contributed by atoms with E-state index in [1.165, 1.54) is 25.7 Å². The van der Waals surface area contributed by atoms with Gasteiger partial charge in [-0.2, -0.15) is 0 Å². The smallest absolute Gasteiger partial charge is 0.0952 e. The van der Waals surface area contributed by atoms with Crippen LogP contribution in [0.3, 0.4) is 0 Å². The van der Waals surface area contributed by atoms with Crippen molar-refractivity contribution in [3.63, 3.8) is 0 Å². The van der Waals surface area contributed by atoms with Gasteiger partial charge in [0.25, 0.3) is 0 Å². The summed E-state index contributed by atoms with van der Waals surface area (Å²) in [5, 5.41) is 0. The molecule has 0 aromatic heterocycles. The Labute approximate surface area is 95.3 Å². The minimum atomic E-state index is -0.183. The average molecular weight is 216 g/mol. The maximum atomic E-state index is 5.17. The molecule has 0 aromatic rings. The van der Waals surface area contributed by atoms with Crippen molar-refractivity contribution in [1.29, 1.82) is 0 Å². The molecule has 2 heteroatoms. The molecule has 0 radical (unpaired) electrons. The third-order valence-corrected chi connectivity index (χ3v) is 2.07. The molecule has 0 saturated heterocycles. The Bertz CT molecular complexity index is 136. The van der Waals surface area contributed by atoms with Gasteiger partial charge in [0.05, 0.1) is 12.2 Å². The van der Waals surface area contributed by atoms with Crippen molar-refractivity contribution >= 4 is 0 Å². The van der Waals surface area contributed by atoms with Gasteiger partial charge in [-0.15, -0.1) is 0 Å². The largest absolute Gasteiger partial charge is 0.236 e. The summed E-state index contributed by atoms with van der Waals surface area (Å²) in [6.07, 6.45) is 6.36. The molecule has 0 aliphatic carbocycles. The van der Waals surface area contributed by atoms with Crippen LogP contribution < -0.4 is 0 Å². The maximum Gasteiger partial charge on any atom is 0.0952 e. The van der Waals surface area contributed by atoms with Gasteiger partial charge >= 0.3 is 0 Å². The number of hydrogen-bond donors (Lipinski definition) is 0. The topological polar surface area (TPSA) is 18.5 Å². The summed E-state index contributed by atoms with van der Waals surface area (Å²) < 4.78 is 0. The highest BCUT2D eigenvalue weighted by Gasteiger charge is 2.10. The monoisotopic (exact) mass is 216 g/mol. The van der Waals surface area contributed by atoms with Crippen LogP contribution >= 0.6 is 0 Å². The highest BCUT2D eigenvalue weighted by Crippen LogP contribution is 2.11. The molecule has 2 nitrogen and oxygen atoms in total. The molecule has 0 unspecified atom stereocenters. The zero-order chi connectivity index (χ0) is 11.7. The van der Waals surface area contributed by atoms with Gasteiger partial charge in [0.2, 0.25) is 0 Å². The lowest BCUT2D eigenvalue weighted by Crippen LogP contribution is -2.19. The van der Waals surface area contributed by atoms with E-state index in [1.54, 1.807) is 0 Å². The number of hydrogen-bond acceptors (Lipinski definition) is 2. The highest BCUT2D eigenvalue weighted by atomic mass is 17.2. The Balaban J connectivity index is 3.06. The van der Waals surface area contributed by atoms with Crippen molar-refractivity contribution in [2.24, 2.45) is 5.92 Å². The van der Waals surface area contributed by atoms with Crippen LogP contribution in [0.2, 0.25) is 0 Å². The van der Waals surface area contributed by atoms with Crippen LogP contribution in [0.5, 0.6) is 0 Å². The van der Waals surface area contributed by atoms with Crippen molar-refractivity contribution < 1.29 is 9.78 Å². The van der Waals surface area contributed by atoms with Crippen LogP contribution in [-0.2, 0) is 9.78 Å². The van der Waals surface area contributed by atoms with Crippen LogP contribution in [0.1, 0.15) is 66.7 Å². The van der Waals surface area contributed by atoms with E-state index >= 15 is 0 Å². The van der Waals surface area contributed by atoms with Gasteiger partial charge in [-0.3, -0.25) is 0 Å². The minimum Gasteiger partial charge on any atom is -0.236 e. The van der Waals surface area contributed by atoms with Crippen LogP contribution in [0, 0.1) is 5.92 Å². The van der Waals surface area contributed by atoms with E-state index in [4.69, 9.17) is 9.78 Å². The maximum absolute atomic E-state index is 5.17. The standard InChI is InChI=1S/C13H28O2/c1-12(2)10-8-6-7-9-11-14-15-13(3,4)5/h12H,6-11H2,1-5H3. The van der Waals surface area contributed by atoms with Crippen LogP contribution in [-0.4, -0.2) is 12.2 Å². The summed E-state index contributed by atoms with van der Waals surface area (Å²) in [4.78, 5) is 10.3. The Kier molecular flexibility index (Phi) is 8.07. The number of rotatable bonds is 8. The predicted molar refractivity (Wildman–Crippen MR) is 64.7 cm³/mol. The van der Waals surface area contributed by atoms with E-state index in [9.17, 15) is 0 Å². The van der Waals surface area contributed by atoms with Gasteiger partial charge in [-0.25, -0.2) is 9.78 Å². The highest BCUT2D eigenvalue weighted by molar-refractivity contribution is 4.54. The normalized spacial score (nSPS) is 12.4. The molecule has 15 heavy (non-hydrogen) atoms. The van der Waals surface area contributed by atoms with E-state index in [0.29, 0.717) is 0 Å². The van der Waals surface area contributed by atoms with Crippen LogP contribution in [0.15, 0.2) is 0 Å². The third-order valence-electron chi connectivity index (χ3n) is 2.07. The first-order valence-electron chi connectivity index (χ1n) is 6.22. The van der Waals surface area contributed by atoms with E-state index in [2.05, 4.69) is 13.8 Å². The lowest BCUT2D eigenvalue weighted by Gasteiger charge is -2.17. The van der Waals surface area contributed by atoms with Crippen molar-refractivity contribution in [3.8, 4) is 0 Å². The second-order valence-corrected chi connectivity index (χ2v) is 5.61. The molecule has 0 aliphatic rings. The summed E-state index contributed by atoms with van der Waals surface area (Å²) in [5.41, 5.74) is -0.183. The zero-order valence-corrected chi connectivity index (χ0v) is 11.1. The van der Waals surface area contributed by atoms with Gasteiger partial charge < -0.3 is 0 Å². The third kappa shape index (κ3) is 13.9. The van der Waals surface area contributed by atoms with E-state index in [1.807, 2.05) is 20.8 Å². The van der Waals surface area contributed by atoms with Gasteiger partial charge in [0, 0.05) is 0 Å². The molecule has 0 spiro atoms. The van der Waals surface area contributed by atoms with Gasteiger partial charge in [0.1, 0.15) is 0 Å². The quantitative estimate of drug-likeness (QED) is 0.341. The summed E-state index contributed by atoms with van der Waals surface area (Å²) >= 11 is 0. The Morgan fingerprint density at radius 2 is 1.53 bits per heavy atom. The first kappa shape index (κ1) is 14.9. The predicted octanol–water partition coefficient (Wildman–Crippen LogP) is 4.34. The average Bonchev–Trinajstić information content (AvgIpc) is 2.07. The van der Waals surface area contributed by atoms with Crippen molar-refractivity contribution in [2.75, 3.05) is 6.61 Å². The molecule has 0 amide bonds. The Morgan fingerprint density at radius 1 is 0.933 bits per heavy atom. The fourth-order valence-electron chi connectivity index (χ4n) is 1.29. The minimum absolute atomic E-state index is 0.183. The van der Waals surface area contributed by atoms with Gasteiger partial charge in [-0.05, 0) is 33.1 Å². The fourth-order valence-corrected chi connectivity index (χ4v) is 1.29. The van der Waals surface area contributed by atoms with Gasteiger partial charge in [0.15, 0.2) is 0 Å². The second-order valence-electron chi connectivity index (χ2n) is 5.61. The van der Waals surface area contributed by atoms with Crippen LogP contribution in [0.25, 0.3) is 0 Å². The molecular formula is C13H28O2. The summed E-state index contributed by atoms with van der Waals surface area (Å²) in [6.45, 7) is 11.3. The molecule has 0 atom stereocenters. The van der Waals surface area contributed by atoms with Crippen molar-refractivity contribution in [2.45, 2.75) is 72.3 Å². The lowest BCUT2D eigenvalue weighted by atomic mass is 10.0. The molecule has 0 bridgehead atoms.